The van der Waals surface area contributed by atoms with E-state index >= 15 is 0 Å². The van der Waals surface area contributed by atoms with E-state index in [1.165, 1.54) is 37.7 Å². The van der Waals surface area contributed by atoms with Crippen molar-refractivity contribution in [3.05, 3.63) is 36.5 Å². The van der Waals surface area contributed by atoms with Gasteiger partial charge in [0, 0.05) is 0 Å². The first-order valence-corrected chi connectivity index (χ1v) is 6.26. The molecule has 0 radical (unpaired) electrons. The van der Waals surface area contributed by atoms with E-state index in [1.807, 2.05) is 6.08 Å². The van der Waals surface area contributed by atoms with Crippen molar-refractivity contribution < 1.29 is 0 Å². The van der Waals surface area contributed by atoms with Crippen LogP contribution in [0.3, 0.4) is 0 Å². The second-order valence-corrected chi connectivity index (χ2v) is 5.04. The van der Waals surface area contributed by atoms with E-state index < -0.39 is 0 Å². The molecule has 0 aromatic heterocycles. The van der Waals surface area contributed by atoms with E-state index in [4.69, 9.17) is 0 Å². The summed E-state index contributed by atoms with van der Waals surface area (Å²) < 4.78 is 0. The van der Waals surface area contributed by atoms with Crippen molar-refractivity contribution in [2.24, 2.45) is 17.8 Å². The van der Waals surface area contributed by atoms with Crippen LogP contribution >= 0.6 is 0 Å². The Bertz CT molecular complexity index is 295. The van der Waals surface area contributed by atoms with Crippen molar-refractivity contribution in [3.8, 4) is 0 Å². The molecule has 0 N–H and O–H groups in total. The zero-order chi connectivity index (χ0) is 10.8. The molecule has 0 spiro atoms. The van der Waals surface area contributed by atoms with Crippen molar-refractivity contribution in [2.75, 3.05) is 0 Å². The van der Waals surface area contributed by atoms with Crippen LogP contribution in [-0.2, 0) is 0 Å². The van der Waals surface area contributed by atoms with Crippen LogP contribution in [0.4, 0.5) is 0 Å². The lowest BCUT2D eigenvalue weighted by molar-refractivity contribution is 0.511. The Hall–Kier alpha value is -0.780. The van der Waals surface area contributed by atoms with Gasteiger partial charge in [0.15, 0.2) is 0 Å². The van der Waals surface area contributed by atoms with Gasteiger partial charge in [0.1, 0.15) is 0 Å². The van der Waals surface area contributed by atoms with Crippen molar-refractivity contribution in [2.45, 2.75) is 39.0 Å². The van der Waals surface area contributed by atoms with Crippen molar-refractivity contribution in [1.82, 2.24) is 0 Å². The Balaban J connectivity index is 1.89. The van der Waals surface area contributed by atoms with Crippen LogP contribution in [0.25, 0.3) is 0 Å². The zero-order valence-corrected chi connectivity index (χ0v) is 9.84. The number of hydrogen-bond donors (Lipinski definition) is 0. The average molecular weight is 202 g/mol. The van der Waals surface area contributed by atoms with Crippen LogP contribution in [-0.4, -0.2) is 0 Å². The van der Waals surface area contributed by atoms with Gasteiger partial charge in [0.05, 0.1) is 0 Å². The number of hydrogen-bond acceptors (Lipinski definition) is 0. The molecule has 0 nitrogen and oxygen atoms in total. The fourth-order valence-corrected chi connectivity index (χ4v) is 2.83. The maximum Gasteiger partial charge on any atom is -0.0165 e. The molecule has 82 valence electrons. The highest BCUT2D eigenvalue weighted by atomic mass is 14.4. The smallest absolute Gasteiger partial charge is 0.0165 e. The van der Waals surface area contributed by atoms with E-state index in [0.717, 1.165) is 17.8 Å². The van der Waals surface area contributed by atoms with Gasteiger partial charge in [-0.15, -0.1) is 0 Å². The molecule has 3 atom stereocenters. The third-order valence-corrected chi connectivity index (χ3v) is 4.16. The Morgan fingerprint density at radius 1 is 1.60 bits per heavy atom. The lowest BCUT2D eigenvalue weighted by Gasteiger charge is -2.23. The molecule has 0 heteroatoms. The lowest BCUT2D eigenvalue weighted by Crippen LogP contribution is -2.09. The fraction of sp³-hybridized carbons (Fsp3) is 0.600. The second kappa shape index (κ2) is 4.38. The second-order valence-electron chi connectivity index (χ2n) is 5.04. The molecule has 2 aliphatic rings. The van der Waals surface area contributed by atoms with E-state index in [1.54, 1.807) is 5.57 Å². The van der Waals surface area contributed by atoms with Crippen LogP contribution in [0.15, 0.2) is 36.5 Å². The maximum atomic E-state index is 4.33. The first kappa shape index (κ1) is 10.7. The SMILES string of the molecule is C=CC1=CCC(C(=C)C2CC2CC)CC1. The molecule has 2 rings (SSSR count). The molecule has 0 heterocycles. The van der Waals surface area contributed by atoms with Crippen LogP contribution < -0.4 is 0 Å². The molecular formula is C15H22. The molecule has 0 aromatic rings. The molecule has 1 saturated carbocycles. The van der Waals surface area contributed by atoms with Gasteiger partial charge in [-0.2, -0.15) is 0 Å². The highest BCUT2D eigenvalue weighted by molar-refractivity contribution is 5.23. The molecule has 2 aliphatic carbocycles. The summed E-state index contributed by atoms with van der Waals surface area (Å²) in [7, 11) is 0. The lowest BCUT2D eigenvalue weighted by atomic mass is 9.82. The average Bonchev–Trinajstić information content (AvgIpc) is 3.07. The largest absolute Gasteiger partial charge is 0.0993 e. The molecule has 3 unspecified atom stereocenters. The zero-order valence-electron chi connectivity index (χ0n) is 9.84. The van der Waals surface area contributed by atoms with Crippen LogP contribution in [0, 0.1) is 17.8 Å². The highest BCUT2D eigenvalue weighted by Crippen LogP contribution is 2.49. The Morgan fingerprint density at radius 2 is 2.40 bits per heavy atom. The highest BCUT2D eigenvalue weighted by Gasteiger charge is 2.39. The standard InChI is InChI=1S/C15H22/c1-4-12-6-8-14(9-7-12)11(3)15-10-13(15)5-2/h4,6,13-15H,1,3,5,7-10H2,2H3. The summed E-state index contributed by atoms with van der Waals surface area (Å²) >= 11 is 0. The monoisotopic (exact) mass is 202 g/mol. The quantitative estimate of drug-likeness (QED) is 0.589. The maximum absolute atomic E-state index is 4.33. The topological polar surface area (TPSA) is 0 Å². The third-order valence-electron chi connectivity index (χ3n) is 4.16. The minimum absolute atomic E-state index is 0.759. The third kappa shape index (κ3) is 2.25. The molecule has 0 amide bonds. The first-order valence-electron chi connectivity index (χ1n) is 6.26. The van der Waals surface area contributed by atoms with Gasteiger partial charge >= 0.3 is 0 Å². The van der Waals surface area contributed by atoms with Crippen LogP contribution in [0.5, 0.6) is 0 Å². The Morgan fingerprint density at radius 3 is 2.87 bits per heavy atom. The molecule has 15 heavy (non-hydrogen) atoms. The van der Waals surface area contributed by atoms with Gasteiger partial charge in [-0.05, 0) is 43.4 Å². The summed E-state index contributed by atoms with van der Waals surface area (Å²) in [6.07, 6.45) is 10.8. The minimum atomic E-state index is 0.759. The van der Waals surface area contributed by atoms with Crippen LogP contribution in [0.1, 0.15) is 39.0 Å². The summed E-state index contributed by atoms with van der Waals surface area (Å²) in [5.41, 5.74) is 2.98. The number of rotatable bonds is 4. The van der Waals surface area contributed by atoms with Gasteiger partial charge in [-0.3, -0.25) is 0 Å². The van der Waals surface area contributed by atoms with Gasteiger partial charge in [0.2, 0.25) is 0 Å². The predicted octanol–water partition coefficient (Wildman–Crippen LogP) is 4.50. The summed E-state index contributed by atoms with van der Waals surface area (Å²) in [6.45, 7) is 10.5. The summed E-state index contributed by atoms with van der Waals surface area (Å²) in [4.78, 5) is 0. The molecule has 0 aromatic carbocycles. The van der Waals surface area contributed by atoms with Gasteiger partial charge in [0.25, 0.3) is 0 Å². The van der Waals surface area contributed by atoms with Crippen molar-refractivity contribution in [3.63, 3.8) is 0 Å². The minimum Gasteiger partial charge on any atom is -0.0993 e. The molecular weight excluding hydrogens is 180 g/mol. The van der Waals surface area contributed by atoms with E-state index in [0.29, 0.717) is 0 Å². The van der Waals surface area contributed by atoms with Crippen molar-refractivity contribution in [1.29, 1.82) is 0 Å². The molecule has 0 aliphatic heterocycles. The van der Waals surface area contributed by atoms with Gasteiger partial charge in [-0.1, -0.05) is 49.8 Å². The molecule has 0 bridgehead atoms. The van der Waals surface area contributed by atoms with E-state index in [9.17, 15) is 0 Å². The summed E-state index contributed by atoms with van der Waals surface area (Å²) in [5, 5.41) is 0. The van der Waals surface area contributed by atoms with E-state index in [-0.39, 0.29) is 0 Å². The number of allylic oxidation sites excluding steroid dienone is 4. The first-order chi connectivity index (χ1) is 7.26. The Labute approximate surface area is 93.8 Å². The van der Waals surface area contributed by atoms with Crippen LogP contribution in [0.2, 0.25) is 0 Å². The Kier molecular flexibility index (Phi) is 3.14. The predicted molar refractivity (Wildman–Crippen MR) is 66.6 cm³/mol. The van der Waals surface area contributed by atoms with Gasteiger partial charge < -0.3 is 0 Å². The summed E-state index contributed by atoms with van der Waals surface area (Å²) in [5.74, 6) is 2.58. The van der Waals surface area contributed by atoms with Gasteiger partial charge in [-0.25, -0.2) is 0 Å². The van der Waals surface area contributed by atoms with E-state index in [2.05, 4.69) is 26.2 Å². The normalized spacial score (nSPS) is 34.5. The van der Waals surface area contributed by atoms with Crippen molar-refractivity contribution >= 4 is 0 Å². The fourth-order valence-electron chi connectivity index (χ4n) is 2.83. The molecule has 1 fully saturated rings. The summed E-state index contributed by atoms with van der Waals surface area (Å²) in [6, 6.07) is 0. The molecule has 0 saturated heterocycles.